The monoisotopic (exact) mass is 334 g/mol. The van der Waals surface area contributed by atoms with Crippen molar-refractivity contribution in [1.82, 2.24) is 0 Å². The lowest BCUT2D eigenvalue weighted by Gasteiger charge is -2.24. The molecule has 0 aliphatic rings. The second kappa shape index (κ2) is 7.88. The minimum Gasteiger partial charge on any atom is -0.495 e. The van der Waals surface area contributed by atoms with Gasteiger partial charge < -0.3 is 15.8 Å². The maximum Gasteiger partial charge on any atom is 0.225 e. The third-order valence-corrected chi connectivity index (χ3v) is 3.67. The largest absolute Gasteiger partial charge is 0.495 e. The Labute approximate surface area is 143 Å². The number of halogens is 1. The Kier molecular flexibility index (Phi) is 6.46. The summed E-state index contributed by atoms with van der Waals surface area (Å²) in [4.78, 5) is 12.3. The van der Waals surface area contributed by atoms with Gasteiger partial charge in [-0.05, 0) is 29.2 Å². The number of rotatable bonds is 5. The van der Waals surface area contributed by atoms with Crippen LogP contribution in [0.4, 0.5) is 11.4 Å². The molecular weight excluding hydrogens is 312 g/mol. The first kappa shape index (κ1) is 18.8. The summed E-state index contributed by atoms with van der Waals surface area (Å²) < 4.78 is 5.11. The number of hydrogen-bond acceptors (Lipinski definition) is 3. The zero-order chi connectivity index (χ0) is 16.2. The molecule has 1 amide bonds. The molecule has 0 bridgehead atoms. The van der Waals surface area contributed by atoms with Crippen LogP contribution >= 0.6 is 12.4 Å². The number of carbonyl (C=O) groups excluding carboxylic acids is 1. The van der Waals surface area contributed by atoms with E-state index in [4.69, 9.17) is 10.5 Å². The highest BCUT2D eigenvalue weighted by molar-refractivity contribution is 5.92. The lowest BCUT2D eigenvalue weighted by Crippen LogP contribution is -2.25. The lowest BCUT2D eigenvalue weighted by atomic mass is 9.81. The number of nitrogens with two attached hydrogens (primary N) is 1. The number of nitrogens with one attached hydrogen (secondary N) is 1. The second-order valence-electron chi connectivity index (χ2n) is 5.93. The third kappa shape index (κ3) is 4.89. The number of benzene rings is 2. The topological polar surface area (TPSA) is 64.3 Å². The molecule has 0 fully saturated rings. The van der Waals surface area contributed by atoms with Crippen LogP contribution in [-0.2, 0) is 10.2 Å². The van der Waals surface area contributed by atoms with Crippen molar-refractivity contribution < 1.29 is 9.53 Å². The minimum absolute atomic E-state index is 0. The van der Waals surface area contributed by atoms with Crippen LogP contribution < -0.4 is 15.8 Å². The number of ether oxygens (including phenoxy) is 1. The molecule has 2 aromatic carbocycles. The maximum absolute atomic E-state index is 12.3. The molecule has 0 aromatic heterocycles. The highest BCUT2D eigenvalue weighted by Crippen LogP contribution is 2.28. The number of nitrogen functional groups attached to an aromatic ring is 1. The van der Waals surface area contributed by atoms with E-state index in [0.717, 1.165) is 5.56 Å². The number of anilines is 2. The van der Waals surface area contributed by atoms with Crippen LogP contribution in [0.5, 0.6) is 5.75 Å². The quantitative estimate of drug-likeness (QED) is 0.812. The van der Waals surface area contributed by atoms with Gasteiger partial charge in [-0.2, -0.15) is 0 Å². The summed E-state index contributed by atoms with van der Waals surface area (Å²) in [7, 11) is 1.56. The van der Waals surface area contributed by atoms with Gasteiger partial charge in [0, 0.05) is 12.1 Å². The van der Waals surface area contributed by atoms with Gasteiger partial charge in [-0.15, -0.1) is 12.4 Å². The fourth-order valence-electron chi connectivity index (χ4n) is 2.41. The Hall–Kier alpha value is -2.20. The van der Waals surface area contributed by atoms with E-state index in [1.807, 2.05) is 30.3 Å². The molecule has 0 unspecified atom stereocenters. The molecule has 0 saturated heterocycles. The van der Waals surface area contributed by atoms with Crippen LogP contribution in [0.3, 0.4) is 0 Å². The van der Waals surface area contributed by atoms with Crippen LogP contribution in [-0.4, -0.2) is 13.0 Å². The fraction of sp³-hybridized carbons (Fsp3) is 0.278. The van der Waals surface area contributed by atoms with Gasteiger partial charge in [0.2, 0.25) is 5.91 Å². The van der Waals surface area contributed by atoms with E-state index < -0.39 is 0 Å². The molecule has 0 heterocycles. The van der Waals surface area contributed by atoms with Gasteiger partial charge in [0.15, 0.2) is 0 Å². The van der Waals surface area contributed by atoms with Crippen LogP contribution in [0.25, 0.3) is 0 Å². The summed E-state index contributed by atoms with van der Waals surface area (Å²) >= 11 is 0. The molecule has 2 aromatic rings. The smallest absolute Gasteiger partial charge is 0.225 e. The Morgan fingerprint density at radius 1 is 1.17 bits per heavy atom. The van der Waals surface area contributed by atoms with Crippen molar-refractivity contribution in [2.45, 2.75) is 25.7 Å². The first-order chi connectivity index (χ1) is 10.4. The standard InChI is InChI=1S/C18H22N2O2.ClH/c1-18(2,13-7-5-4-6-8-13)12-17(21)20-14-9-10-16(22-3)15(19)11-14;/h4-11H,12,19H2,1-3H3,(H,20,21);1H. The summed E-state index contributed by atoms with van der Waals surface area (Å²) in [6.45, 7) is 4.12. The Morgan fingerprint density at radius 3 is 2.39 bits per heavy atom. The maximum atomic E-state index is 12.3. The van der Waals surface area contributed by atoms with E-state index in [2.05, 4.69) is 19.2 Å². The highest BCUT2D eigenvalue weighted by Gasteiger charge is 2.24. The first-order valence-corrected chi connectivity index (χ1v) is 7.21. The van der Waals surface area contributed by atoms with Crippen molar-refractivity contribution in [2.24, 2.45) is 0 Å². The molecule has 0 atom stereocenters. The molecule has 124 valence electrons. The fourth-order valence-corrected chi connectivity index (χ4v) is 2.41. The van der Waals surface area contributed by atoms with Crippen molar-refractivity contribution in [1.29, 1.82) is 0 Å². The van der Waals surface area contributed by atoms with E-state index >= 15 is 0 Å². The highest BCUT2D eigenvalue weighted by atomic mass is 35.5. The van der Waals surface area contributed by atoms with Crippen molar-refractivity contribution in [3.8, 4) is 5.75 Å². The normalized spacial score (nSPS) is 10.6. The average molecular weight is 335 g/mol. The summed E-state index contributed by atoms with van der Waals surface area (Å²) in [6, 6.07) is 15.2. The van der Waals surface area contributed by atoms with Gasteiger partial charge in [-0.3, -0.25) is 4.79 Å². The number of hydrogen-bond donors (Lipinski definition) is 2. The van der Waals surface area contributed by atoms with Crippen molar-refractivity contribution in [3.05, 3.63) is 54.1 Å². The second-order valence-corrected chi connectivity index (χ2v) is 5.93. The molecule has 3 N–H and O–H groups in total. The number of carbonyl (C=O) groups is 1. The predicted molar refractivity (Wildman–Crippen MR) is 97.4 cm³/mol. The lowest BCUT2D eigenvalue weighted by molar-refractivity contribution is -0.117. The van der Waals surface area contributed by atoms with Gasteiger partial charge in [-0.1, -0.05) is 44.2 Å². The molecule has 0 aliphatic carbocycles. The van der Waals surface area contributed by atoms with Gasteiger partial charge in [0.1, 0.15) is 5.75 Å². The molecule has 4 nitrogen and oxygen atoms in total. The van der Waals surface area contributed by atoms with Crippen molar-refractivity contribution in [3.63, 3.8) is 0 Å². The zero-order valence-electron chi connectivity index (χ0n) is 13.6. The van der Waals surface area contributed by atoms with Crippen LogP contribution in [0, 0.1) is 0 Å². The number of methoxy groups -OCH3 is 1. The summed E-state index contributed by atoms with van der Waals surface area (Å²) in [5.41, 5.74) is 7.93. The van der Waals surface area contributed by atoms with Gasteiger partial charge in [-0.25, -0.2) is 0 Å². The predicted octanol–water partition coefficient (Wildman–Crippen LogP) is 4.01. The molecule has 0 saturated carbocycles. The molecule has 0 spiro atoms. The number of amides is 1. The minimum atomic E-state index is -0.233. The van der Waals surface area contributed by atoms with Gasteiger partial charge in [0.25, 0.3) is 0 Å². The molecule has 2 rings (SSSR count). The SMILES string of the molecule is COc1ccc(NC(=O)CC(C)(C)c2ccccc2)cc1N.Cl. The summed E-state index contributed by atoms with van der Waals surface area (Å²) in [6.07, 6.45) is 0.392. The zero-order valence-corrected chi connectivity index (χ0v) is 14.4. The van der Waals surface area contributed by atoms with Crippen molar-refractivity contribution >= 4 is 29.7 Å². The van der Waals surface area contributed by atoms with E-state index in [1.165, 1.54) is 0 Å². The summed E-state index contributed by atoms with van der Waals surface area (Å²) in [5, 5.41) is 2.89. The van der Waals surface area contributed by atoms with Crippen LogP contribution in [0.15, 0.2) is 48.5 Å². The van der Waals surface area contributed by atoms with Gasteiger partial charge >= 0.3 is 0 Å². The molecule has 5 heteroatoms. The van der Waals surface area contributed by atoms with Gasteiger partial charge in [0.05, 0.1) is 12.8 Å². The molecule has 0 radical (unpaired) electrons. The first-order valence-electron chi connectivity index (χ1n) is 7.21. The summed E-state index contributed by atoms with van der Waals surface area (Å²) in [5.74, 6) is 0.557. The Bertz CT molecular complexity index is 657. The Morgan fingerprint density at radius 2 is 1.83 bits per heavy atom. The van der Waals surface area contributed by atoms with E-state index in [-0.39, 0.29) is 23.7 Å². The average Bonchev–Trinajstić information content (AvgIpc) is 2.47. The molecular formula is C18H23ClN2O2. The van der Waals surface area contributed by atoms with Crippen LogP contribution in [0.1, 0.15) is 25.8 Å². The van der Waals surface area contributed by atoms with Crippen LogP contribution in [0.2, 0.25) is 0 Å². The third-order valence-electron chi connectivity index (χ3n) is 3.67. The Balaban J connectivity index is 0.00000264. The molecule has 23 heavy (non-hydrogen) atoms. The van der Waals surface area contributed by atoms with Crippen molar-refractivity contribution in [2.75, 3.05) is 18.2 Å². The molecule has 0 aliphatic heterocycles. The van der Waals surface area contributed by atoms with E-state index in [1.54, 1.807) is 25.3 Å². The van der Waals surface area contributed by atoms with E-state index in [0.29, 0.717) is 23.5 Å². The van der Waals surface area contributed by atoms with E-state index in [9.17, 15) is 4.79 Å².